The molecule has 1 amide bonds. The lowest BCUT2D eigenvalue weighted by atomic mass is 10.1. The number of carbonyl (C=O) groups is 1. The summed E-state index contributed by atoms with van der Waals surface area (Å²) in [4.78, 5) is 12.2. The molecule has 3 N–H and O–H groups in total. The fourth-order valence-electron chi connectivity index (χ4n) is 2.15. The molecule has 0 fully saturated rings. The maximum atomic E-state index is 12.2. The van der Waals surface area contributed by atoms with Gasteiger partial charge >= 0.3 is 0 Å². The van der Waals surface area contributed by atoms with E-state index in [9.17, 15) is 4.79 Å². The molecule has 0 heterocycles. The van der Waals surface area contributed by atoms with Gasteiger partial charge < -0.3 is 10.6 Å². The van der Waals surface area contributed by atoms with Gasteiger partial charge in [0.1, 0.15) is 6.54 Å². The summed E-state index contributed by atoms with van der Waals surface area (Å²) >= 11 is 18.0. The summed E-state index contributed by atoms with van der Waals surface area (Å²) in [5, 5.41) is 4.60. The van der Waals surface area contributed by atoms with Crippen LogP contribution in [0, 0.1) is 0 Å². The van der Waals surface area contributed by atoms with Crippen LogP contribution >= 0.6 is 34.8 Å². The van der Waals surface area contributed by atoms with E-state index in [1.807, 2.05) is 66.0 Å². The first-order chi connectivity index (χ1) is 10.9. The molecule has 122 valence electrons. The molecule has 0 aliphatic rings. The van der Waals surface area contributed by atoms with Crippen molar-refractivity contribution < 1.29 is 10.1 Å². The Morgan fingerprint density at radius 3 is 2.00 bits per heavy atom. The minimum Gasteiger partial charge on any atom is -0.319 e. The smallest absolute Gasteiger partial charge is 0.262 e. The van der Waals surface area contributed by atoms with E-state index in [1.165, 1.54) is 0 Å². The molecule has 23 heavy (non-hydrogen) atoms. The lowest BCUT2D eigenvalue weighted by Gasteiger charge is -2.23. The van der Waals surface area contributed by atoms with Crippen molar-refractivity contribution in [1.82, 2.24) is 5.32 Å². The van der Waals surface area contributed by atoms with E-state index in [0.29, 0.717) is 6.54 Å². The first-order valence-corrected chi connectivity index (χ1v) is 8.36. The first kappa shape index (κ1) is 18.1. The molecule has 0 saturated heterocycles. The molecule has 3 nitrogen and oxygen atoms in total. The van der Waals surface area contributed by atoms with Gasteiger partial charge in [0.2, 0.25) is 12.1 Å². The predicted molar refractivity (Wildman–Crippen MR) is 94.4 cm³/mol. The summed E-state index contributed by atoms with van der Waals surface area (Å²) in [6, 6.07) is 19.2. The molecule has 0 radical (unpaired) electrons. The van der Waals surface area contributed by atoms with Crippen LogP contribution in [0.3, 0.4) is 0 Å². The van der Waals surface area contributed by atoms with Crippen LogP contribution in [-0.2, 0) is 17.8 Å². The molecule has 6 heteroatoms. The average molecular weight is 373 g/mol. The van der Waals surface area contributed by atoms with Crippen LogP contribution in [0.1, 0.15) is 11.1 Å². The molecular formula is C17H18Cl3N2O+. The van der Waals surface area contributed by atoms with Crippen LogP contribution in [-0.4, -0.2) is 15.9 Å². The van der Waals surface area contributed by atoms with Crippen molar-refractivity contribution in [2.75, 3.05) is 0 Å². The van der Waals surface area contributed by atoms with E-state index in [2.05, 4.69) is 5.32 Å². The zero-order chi connectivity index (χ0) is 16.7. The van der Waals surface area contributed by atoms with Crippen LogP contribution in [0.4, 0.5) is 0 Å². The standard InChI is InChI=1S/C17H17Cl3N2O/c18-17(19,20)16(21-12-14-9-5-2-6-10-14)22-15(23)11-13-7-3-1-4-8-13/h1-10,16,21H,11-12H2,(H,22,23)/p+1/t16-/m1/s1. The van der Waals surface area contributed by atoms with Crippen LogP contribution in [0.25, 0.3) is 0 Å². The Morgan fingerprint density at radius 1 is 0.957 bits per heavy atom. The van der Waals surface area contributed by atoms with Gasteiger partial charge in [-0.25, -0.2) is 0 Å². The second-order valence-electron chi connectivity index (χ2n) is 5.17. The minimum atomic E-state index is -1.60. The Balaban J connectivity index is 1.94. The lowest BCUT2D eigenvalue weighted by molar-refractivity contribution is -0.707. The van der Waals surface area contributed by atoms with E-state index in [0.717, 1.165) is 11.1 Å². The summed E-state index contributed by atoms with van der Waals surface area (Å²) < 4.78 is -1.60. The number of benzene rings is 2. The normalized spacial score (nSPS) is 12.7. The lowest BCUT2D eigenvalue weighted by Crippen LogP contribution is -2.95. The molecule has 0 bridgehead atoms. The maximum Gasteiger partial charge on any atom is 0.262 e. The molecule has 1 atom stereocenters. The quantitative estimate of drug-likeness (QED) is 0.594. The van der Waals surface area contributed by atoms with Crippen molar-refractivity contribution in [2.45, 2.75) is 22.9 Å². The van der Waals surface area contributed by atoms with Gasteiger partial charge in [-0.05, 0) is 5.56 Å². The van der Waals surface area contributed by atoms with Gasteiger partial charge in [0.05, 0.1) is 6.42 Å². The highest BCUT2D eigenvalue weighted by Gasteiger charge is 2.37. The van der Waals surface area contributed by atoms with Crippen LogP contribution < -0.4 is 10.6 Å². The number of quaternary nitrogens is 1. The van der Waals surface area contributed by atoms with E-state index in [4.69, 9.17) is 34.8 Å². The monoisotopic (exact) mass is 371 g/mol. The molecule has 0 aromatic heterocycles. The van der Waals surface area contributed by atoms with E-state index in [-0.39, 0.29) is 12.3 Å². The minimum absolute atomic E-state index is 0.183. The van der Waals surface area contributed by atoms with Gasteiger partial charge in [-0.1, -0.05) is 95.5 Å². The third-order valence-electron chi connectivity index (χ3n) is 3.31. The summed E-state index contributed by atoms with van der Waals surface area (Å²) in [6.07, 6.45) is -0.416. The van der Waals surface area contributed by atoms with Gasteiger partial charge in [0.15, 0.2) is 0 Å². The van der Waals surface area contributed by atoms with Crippen molar-refractivity contribution in [2.24, 2.45) is 0 Å². The van der Waals surface area contributed by atoms with E-state index in [1.54, 1.807) is 0 Å². The Kier molecular flexibility index (Phi) is 6.72. The first-order valence-electron chi connectivity index (χ1n) is 7.22. The van der Waals surface area contributed by atoms with E-state index >= 15 is 0 Å². The van der Waals surface area contributed by atoms with Gasteiger partial charge in [-0.2, -0.15) is 0 Å². The van der Waals surface area contributed by atoms with Crippen LogP contribution in [0.5, 0.6) is 0 Å². The molecule has 0 aliphatic carbocycles. The summed E-state index contributed by atoms with van der Waals surface area (Å²) in [6.45, 7) is 0.602. The van der Waals surface area contributed by atoms with Crippen LogP contribution in [0.2, 0.25) is 0 Å². The third kappa shape index (κ3) is 6.40. The number of nitrogens with one attached hydrogen (secondary N) is 1. The summed E-state index contributed by atoms with van der Waals surface area (Å²) in [5.74, 6) is -0.183. The molecule has 2 aromatic rings. The highest BCUT2D eigenvalue weighted by molar-refractivity contribution is 6.68. The SMILES string of the molecule is O=C(Cc1ccccc1)N[C@@H]([NH2+]Cc1ccccc1)C(Cl)(Cl)Cl. The highest BCUT2D eigenvalue weighted by Crippen LogP contribution is 2.27. The number of hydrogen-bond donors (Lipinski definition) is 2. The second kappa shape index (κ2) is 8.55. The molecule has 0 unspecified atom stereocenters. The highest BCUT2D eigenvalue weighted by atomic mass is 35.6. The largest absolute Gasteiger partial charge is 0.319 e. The molecule has 2 aromatic carbocycles. The molecule has 2 rings (SSSR count). The Morgan fingerprint density at radius 2 is 1.48 bits per heavy atom. The fraction of sp³-hybridized carbons (Fsp3) is 0.235. The Bertz CT molecular complexity index is 615. The Labute approximate surface area is 150 Å². The van der Waals surface area contributed by atoms with Crippen molar-refractivity contribution in [3.63, 3.8) is 0 Å². The third-order valence-corrected chi connectivity index (χ3v) is 4.01. The van der Waals surface area contributed by atoms with Crippen molar-refractivity contribution in [1.29, 1.82) is 0 Å². The van der Waals surface area contributed by atoms with Gasteiger partial charge in [-0.3, -0.25) is 4.79 Å². The van der Waals surface area contributed by atoms with Gasteiger partial charge in [0, 0.05) is 5.56 Å². The zero-order valence-corrected chi connectivity index (χ0v) is 14.7. The number of hydrogen-bond acceptors (Lipinski definition) is 1. The summed E-state index contributed by atoms with van der Waals surface area (Å²) in [7, 11) is 0. The predicted octanol–water partition coefficient (Wildman–Crippen LogP) is 2.81. The van der Waals surface area contributed by atoms with Crippen molar-refractivity contribution >= 4 is 40.7 Å². The number of nitrogens with two attached hydrogens (primary N) is 1. The topological polar surface area (TPSA) is 45.7 Å². The van der Waals surface area contributed by atoms with Gasteiger partial charge in [0.25, 0.3) is 3.79 Å². The number of amides is 1. The molecule has 0 saturated carbocycles. The van der Waals surface area contributed by atoms with Crippen LogP contribution in [0.15, 0.2) is 60.7 Å². The number of alkyl halides is 3. The molecule has 0 aliphatic heterocycles. The number of rotatable bonds is 6. The van der Waals surface area contributed by atoms with Crippen molar-refractivity contribution in [3.8, 4) is 0 Å². The number of carbonyl (C=O) groups excluding carboxylic acids is 1. The maximum absolute atomic E-state index is 12.2. The fourth-order valence-corrected chi connectivity index (χ4v) is 2.58. The Hall–Kier alpha value is -1.26. The number of halogens is 3. The van der Waals surface area contributed by atoms with Crippen molar-refractivity contribution in [3.05, 3.63) is 71.8 Å². The van der Waals surface area contributed by atoms with E-state index < -0.39 is 9.96 Å². The molecule has 0 spiro atoms. The average Bonchev–Trinajstić information content (AvgIpc) is 2.52. The van der Waals surface area contributed by atoms with Gasteiger partial charge in [-0.15, -0.1) is 0 Å². The molecular weight excluding hydrogens is 355 g/mol. The summed E-state index contributed by atoms with van der Waals surface area (Å²) in [5.41, 5.74) is 2.00. The second-order valence-corrected chi connectivity index (χ2v) is 7.54. The zero-order valence-electron chi connectivity index (χ0n) is 12.4.